The van der Waals surface area contributed by atoms with E-state index in [4.69, 9.17) is 5.73 Å². The lowest BCUT2D eigenvalue weighted by Gasteiger charge is -2.01. The average molecular weight is 198 g/mol. The predicted molar refractivity (Wildman–Crippen MR) is 55.9 cm³/mol. The van der Waals surface area contributed by atoms with Crippen LogP contribution in [-0.2, 0) is 11.3 Å². The smallest absolute Gasteiger partial charge is 0.224 e. The highest BCUT2D eigenvalue weighted by Crippen LogP contribution is 2.27. The second kappa shape index (κ2) is 4.39. The molecule has 0 saturated heterocycles. The van der Waals surface area contributed by atoms with Crippen molar-refractivity contribution in [3.05, 3.63) is 16.5 Å². The van der Waals surface area contributed by atoms with E-state index in [1.165, 1.54) is 4.88 Å². The molecule has 0 radical (unpaired) electrons. The fraction of sp³-hybridized carbons (Fsp3) is 0.444. The topological polar surface area (TPSA) is 55.1 Å². The van der Waals surface area contributed by atoms with E-state index in [2.05, 4.69) is 5.32 Å². The van der Waals surface area contributed by atoms with Crippen molar-refractivity contribution in [2.24, 2.45) is 5.73 Å². The van der Waals surface area contributed by atoms with Gasteiger partial charge in [0.15, 0.2) is 0 Å². The van der Waals surface area contributed by atoms with Crippen molar-refractivity contribution in [3.8, 4) is 0 Å². The largest absolute Gasteiger partial charge is 0.326 e. The molecule has 1 heterocycles. The first-order valence-electron chi connectivity index (χ1n) is 4.26. The standard InChI is InChI=1S/C9H14N2OS/c1-3-8(12)11-9-7(5-10)4-6(2)13-9/h4H,3,5,10H2,1-2H3,(H,11,12). The van der Waals surface area contributed by atoms with Gasteiger partial charge in [-0.25, -0.2) is 0 Å². The normalized spacial score (nSPS) is 10.1. The Kier molecular flexibility index (Phi) is 3.45. The van der Waals surface area contributed by atoms with Crippen LogP contribution in [0.2, 0.25) is 0 Å². The van der Waals surface area contributed by atoms with Gasteiger partial charge >= 0.3 is 0 Å². The molecule has 0 aliphatic carbocycles. The molecule has 1 amide bonds. The third-order valence-corrected chi connectivity index (χ3v) is 2.73. The van der Waals surface area contributed by atoms with Gasteiger partial charge in [-0.15, -0.1) is 11.3 Å². The van der Waals surface area contributed by atoms with Crippen LogP contribution in [0.1, 0.15) is 23.8 Å². The molecule has 0 atom stereocenters. The number of hydrogen-bond acceptors (Lipinski definition) is 3. The van der Waals surface area contributed by atoms with Crippen LogP contribution in [0.3, 0.4) is 0 Å². The average Bonchev–Trinajstić information content (AvgIpc) is 2.46. The summed E-state index contributed by atoms with van der Waals surface area (Å²) >= 11 is 1.57. The summed E-state index contributed by atoms with van der Waals surface area (Å²) in [6, 6.07) is 2.01. The molecular weight excluding hydrogens is 184 g/mol. The number of thiophene rings is 1. The molecule has 0 aromatic carbocycles. The lowest BCUT2D eigenvalue weighted by Crippen LogP contribution is -2.10. The molecular formula is C9H14N2OS. The molecule has 0 bridgehead atoms. The second-order valence-corrected chi connectivity index (χ2v) is 4.07. The van der Waals surface area contributed by atoms with Crippen molar-refractivity contribution in [2.45, 2.75) is 26.8 Å². The maximum absolute atomic E-state index is 11.1. The SMILES string of the molecule is CCC(=O)Nc1sc(C)cc1CN. The lowest BCUT2D eigenvalue weighted by molar-refractivity contribution is -0.115. The molecule has 72 valence electrons. The van der Waals surface area contributed by atoms with E-state index in [1.54, 1.807) is 11.3 Å². The summed E-state index contributed by atoms with van der Waals surface area (Å²) in [4.78, 5) is 12.3. The summed E-state index contributed by atoms with van der Waals surface area (Å²) in [6.07, 6.45) is 0.501. The van der Waals surface area contributed by atoms with Gasteiger partial charge in [0.05, 0.1) is 5.00 Å². The Balaban J connectivity index is 2.80. The van der Waals surface area contributed by atoms with Crippen LogP contribution in [0.15, 0.2) is 6.07 Å². The van der Waals surface area contributed by atoms with Crippen LogP contribution < -0.4 is 11.1 Å². The highest BCUT2D eigenvalue weighted by Gasteiger charge is 2.07. The number of anilines is 1. The van der Waals surface area contributed by atoms with Gasteiger partial charge in [-0.3, -0.25) is 4.79 Å². The van der Waals surface area contributed by atoms with Crippen LogP contribution >= 0.6 is 11.3 Å². The molecule has 4 heteroatoms. The van der Waals surface area contributed by atoms with Crippen LogP contribution in [-0.4, -0.2) is 5.91 Å². The first-order valence-corrected chi connectivity index (χ1v) is 5.08. The van der Waals surface area contributed by atoms with Gasteiger partial charge in [-0.2, -0.15) is 0 Å². The molecule has 0 aliphatic heterocycles. The number of amides is 1. The van der Waals surface area contributed by atoms with Crippen LogP contribution in [0, 0.1) is 6.92 Å². The van der Waals surface area contributed by atoms with Crippen molar-refractivity contribution in [1.29, 1.82) is 0 Å². The minimum atomic E-state index is 0.0385. The number of aryl methyl sites for hydroxylation is 1. The quantitative estimate of drug-likeness (QED) is 0.779. The summed E-state index contributed by atoms with van der Waals surface area (Å²) in [5.74, 6) is 0.0385. The summed E-state index contributed by atoms with van der Waals surface area (Å²) < 4.78 is 0. The summed E-state index contributed by atoms with van der Waals surface area (Å²) in [5.41, 5.74) is 6.55. The summed E-state index contributed by atoms with van der Waals surface area (Å²) in [7, 11) is 0. The number of hydrogen-bond donors (Lipinski definition) is 2. The lowest BCUT2D eigenvalue weighted by atomic mass is 10.3. The Bertz CT molecular complexity index is 307. The Labute approximate surface area is 81.9 Å². The molecule has 1 rings (SSSR count). The zero-order chi connectivity index (χ0) is 9.84. The molecule has 0 aliphatic rings. The second-order valence-electron chi connectivity index (χ2n) is 2.82. The number of nitrogens with two attached hydrogens (primary N) is 1. The molecule has 0 spiro atoms. The predicted octanol–water partition coefficient (Wildman–Crippen LogP) is 1.86. The number of rotatable bonds is 3. The number of carbonyl (C=O) groups excluding carboxylic acids is 1. The summed E-state index contributed by atoms with van der Waals surface area (Å²) in [6.45, 7) is 4.31. The Morgan fingerprint density at radius 2 is 2.38 bits per heavy atom. The molecule has 1 aromatic heterocycles. The highest BCUT2D eigenvalue weighted by molar-refractivity contribution is 7.16. The summed E-state index contributed by atoms with van der Waals surface area (Å²) in [5, 5.41) is 3.73. The fourth-order valence-electron chi connectivity index (χ4n) is 1.04. The van der Waals surface area contributed by atoms with E-state index in [0.717, 1.165) is 10.6 Å². The zero-order valence-electron chi connectivity index (χ0n) is 7.89. The van der Waals surface area contributed by atoms with Gasteiger partial charge in [-0.05, 0) is 13.0 Å². The van der Waals surface area contributed by atoms with Crippen LogP contribution in [0.5, 0.6) is 0 Å². The minimum Gasteiger partial charge on any atom is -0.326 e. The zero-order valence-corrected chi connectivity index (χ0v) is 8.70. The van der Waals surface area contributed by atoms with Gasteiger partial charge < -0.3 is 11.1 Å². The van der Waals surface area contributed by atoms with E-state index in [-0.39, 0.29) is 5.91 Å². The van der Waals surface area contributed by atoms with Crippen molar-refractivity contribution < 1.29 is 4.79 Å². The third-order valence-electron chi connectivity index (χ3n) is 1.73. The fourth-order valence-corrected chi connectivity index (χ4v) is 2.00. The number of carbonyl (C=O) groups is 1. The van der Waals surface area contributed by atoms with Gasteiger partial charge in [0.25, 0.3) is 0 Å². The van der Waals surface area contributed by atoms with Gasteiger partial charge in [0, 0.05) is 23.4 Å². The van der Waals surface area contributed by atoms with Gasteiger partial charge in [0.1, 0.15) is 0 Å². The van der Waals surface area contributed by atoms with Crippen molar-refractivity contribution in [3.63, 3.8) is 0 Å². The van der Waals surface area contributed by atoms with Gasteiger partial charge in [-0.1, -0.05) is 6.92 Å². The molecule has 3 N–H and O–H groups in total. The first kappa shape index (κ1) is 10.2. The van der Waals surface area contributed by atoms with E-state index >= 15 is 0 Å². The van der Waals surface area contributed by atoms with Crippen molar-refractivity contribution in [1.82, 2.24) is 0 Å². The van der Waals surface area contributed by atoms with Crippen LogP contribution in [0.4, 0.5) is 5.00 Å². The van der Waals surface area contributed by atoms with E-state index in [9.17, 15) is 4.79 Å². The maximum atomic E-state index is 11.1. The van der Waals surface area contributed by atoms with Crippen molar-refractivity contribution in [2.75, 3.05) is 5.32 Å². The molecule has 1 aromatic rings. The first-order chi connectivity index (χ1) is 6.17. The molecule has 0 unspecified atom stereocenters. The molecule has 3 nitrogen and oxygen atoms in total. The molecule has 0 saturated carbocycles. The third kappa shape index (κ3) is 2.54. The van der Waals surface area contributed by atoms with E-state index < -0.39 is 0 Å². The Morgan fingerprint density at radius 3 is 2.92 bits per heavy atom. The number of nitrogens with one attached hydrogen (secondary N) is 1. The Hall–Kier alpha value is -0.870. The van der Waals surface area contributed by atoms with Crippen LogP contribution in [0.25, 0.3) is 0 Å². The minimum absolute atomic E-state index is 0.0385. The Morgan fingerprint density at radius 1 is 1.69 bits per heavy atom. The highest BCUT2D eigenvalue weighted by atomic mass is 32.1. The van der Waals surface area contributed by atoms with E-state index in [0.29, 0.717) is 13.0 Å². The van der Waals surface area contributed by atoms with Gasteiger partial charge in [0.2, 0.25) is 5.91 Å². The monoisotopic (exact) mass is 198 g/mol. The maximum Gasteiger partial charge on any atom is 0.224 e. The van der Waals surface area contributed by atoms with E-state index in [1.807, 2.05) is 19.9 Å². The molecule has 0 fully saturated rings. The van der Waals surface area contributed by atoms with Crippen molar-refractivity contribution >= 4 is 22.2 Å². The molecule has 13 heavy (non-hydrogen) atoms.